The van der Waals surface area contributed by atoms with Crippen molar-refractivity contribution in [3.63, 3.8) is 0 Å². The van der Waals surface area contributed by atoms with Gasteiger partial charge in [-0.3, -0.25) is 14.8 Å². The highest BCUT2D eigenvalue weighted by Gasteiger charge is 2.29. The summed E-state index contributed by atoms with van der Waals surface area (Å²) in [5, 5.41) is 6.07. The number of nitrogens with zero attached hydrogens (tertiary/aromatic N) is 6. The zero-order chi connectivity index (χ0) is 30.2. The number of hydrogen-bond acceptors (Lipinski definition) is 6. The second kappa shape index (κ2) is 14.5. The number of piperidine rings is 1. The quantitative estimate of drug-likeness (QED) is 0.253. The highest BCUT2D eigenvalue weighted by molar-refractivity contribution is 6.00. The van der Waals surface area contributed by atoms with Gasteiger partial charge in [-0.05, 0) is 69.6 Å². The van der Waals surface area contributed by atoms with Gasteiger partial charge in [0.05, 0.1) is 12.2 Å². The minimum Gasteiger partial charge on any atom is -0.388 e. The summed E-state index contributed by atoms with van der Waals surface area (Å²) in [4.78, 5) is 31.0. The maximum Gasteiger partial charge on any atom is 0.246 e. The molecule has 0 aromatic heterocycles. The molecule has 2 fully saturated rings. The van der Waals surface area contributed by atoms with Crippen molar-refractivity contribution >= 4 is 34.9 Å². The molecule has 3 aliphatic rings. The van der Waals surface area contributed by atoms with E-state index in [1.165, 1.54) is 54.0 Å². The van der Waals surface area contributed by atoms with Crippen LogP contribution in [-0.2, 0) is 4.79 Å². The smallest absolute Gasteiger partial charge is 0.246 e. The predicted molar refractivity (Wildman–Crippen MR) is 180 cm³/mol. The number of anilines is 1. The SMILES string of the molecule is C=CC(=O)N1CCN(/C(=N/CCC(=C)NCC2CCN(C)CC2)C2=C(N=C)CN(c3cccc4ccccc34)CC2)CC1. The van der Waals surface area contributed by atoms with Crippen LogP contribution in [-0.4, -0.2) is 106 Å². The fraction of sp³-hybridized carbons (Fsp3) is 0.457. The number of benzene rings is 2. The first-order valence-corrected chi connectivity index (χ1v) is 15.7. The molecule has 1 N–H and O–H groups in total. The van der Waals surface area contributed by atoms with E-state index in [1.807, 2.05) is 4.90 Å². The van der Waals surface area contributed by atoms with Gasteiger partial charge in [-0.1, -0.05) is 49.6 Å². The maximum atomic E-state index is 12.2. The molecule has 8 nitrogen and oxygen atoms in total. The minimum absolute atomic E-state index is 0.0128. The number of hydrogen-bond donors (Lipinski definition) is 1. The van der Waals surface area contributed by atoms with Crippen LogP contribution in [0.5, 0.6) is 0 Å². The van der Waals surface area contributed by atoms with Gasteiger partial charge in [0.1, 0.15) is 5.84 Å². The lowest BCUT2D eigenvalue weighted by Crippen LogP contribution is -2.51. The summed E-state index contributed by atoms with van der Waals surface area (Å²) in [5.74, 6) is 1.69. The highest BCUT2D eigenvalue weighted by atomic mass is 16.2. The Morgan fingerprint density at radius 2 is 1.72 bits per heavy atom. The van der Waals surface area contributed by atoms with Crippen molar-refractivity contribution in [3.05, 3.63) is 78.7 Å². The van der Waals surface area contributed by atoms with Gasteiger partial charge >= 0.3 is 0 Å². The lowest BCUT2D eigenvalue weighted by molar-refractivity contribution is -0.127. The largest absolute Gasteiger partial charge is 0.388 e. The molecular formula is C35H47N7O. The molecule has 0 radical (unpaired) electrons. The molecule has 0 bridgehead atoms. The number of amides is 1. The number of aliphatic imine (C=N–C) groups is 2. The fourth-order valence-corrected chi connectivity index (χ4v) is 6.42. The molecule has 8 heteroatoms. The lowest BCUT2D eigenvalue weighted by Gasteiger charge is -2.39. The van der Waals surface area contributed by atoms with Crippen LogP contribution in [0.25, 0.3) is 10.8 Å². The van der Waals surface area contributed by atoms with Gasteiger partial charge < -0.3 is 24.9 Å². The Kier molecular flexibility index (Phi) is 10.3. The van der Waals surface area contributed by atoms with E-state index in [2.05, 4.69) is 94.4 Å². The Morgan fingerprint density at radius 3 is 2.47 bits per heavy atom. The first-order valence-electron chi connectivity index (χ1n) is 15.7. The van der Waals surface area contributed by atoms with Crippen LogP contribution in [0.1, 0.15) is 25.7 Å². The van der Waals surface area contributed by atoms with Gasteiger partial charge in [0, 0.05) is 74.6 Å². The highest BCUT2D eigenvalue weighted by Crippen LogP contribution is 2.32. The van der Waals surface area contributed by atoms with Crippen molar-refractivity contribution in [2.45, 2.75) is 25.7 Å². The summed E-state index contributed by atoms with van der Waals surface area (Å²) in [5.41, 5.74) is 4.41. The molecule has 0 saturated carbocycles. The average molecular weight is 582 g/mol. The second-order valence-corrected chi connectivity index (χ2v) is 12.0. The molecule has 0 spiro atoms. The molecule has 0 atom stereocenters. The van der Waals surface area contributed by atoms with Gasteiger partial charge in [-0.15, -0.1) is 0 Å². The third-order valence-electron chi connectivity index (χ3n) is 9.11. The van der Waals surface area contributed by atoms with E-state index >= 15 is 0 Å². The maximum absolute atomic E-state index is 12.2. The number of carbonyl (C=O) groups is 1. The number of likely N-dealkylation sites (tertiary alicyclic amines) is 1. The molecular weight excluding hydrogens is 534 g/mol. The Morgan fingerprint density at radius 1 is 1.00 bits per heavy atom. The van der Waals surface area contributed by atoms with Crippen LogP contribution in [0.2, 0.25) is 0 Å². The van der Waals surface area contributed by atoms with Crippen molar-refractivity contribution < 1.29 is 4.79 Å². The van der Waals surface area contributed by atoms with Gasteiger partial charge in [-0.25, -0.2) is 0 Å². The number of fused-ring (bicyclic) bond motifs is 1. The fourth-order valence-electron chi connectivity index (χ4n) is 6.42. The molecule has 5 rings (SSSR count). The van der Waals surface area contributed by atoms with E-state index in [0.29, 0.717) is 32.1 Å². The lowest BCUT2D eigenvalue weighted by atomic mass is 9.97. The van der Waals surface area contributed by atoms with E-state index in [1.54, 1.807) is 0 Å². The zero-order valence-corrected chi connectivity index (χ0v) is 25.8. The van der Waals surface area contributed by atoms with Gasteiger partial charge in [-0.2, -0.15) is 0 Å². The van der Waals surface area contributed by atoms with Crippen molar-refractivity contribution in [1.29, 1.82) is 0 Å². The molecule has 0 unspecified atom stereocenters. The number of amidine groups is 1. The molecule has 0 aliphatic carbocycles. The van der Waals surface area contributed by atoms with Crippen molar-refractivity contribution in [2.75, 3.05) is 77.4 Å². The Labute approximate surface area is 257 Å². The number of piperazine rings is 1. The monoisotopic (exact) mass is 581 g/mol. The molecule has 3 heterocycles. The molecule has 3 aliphatic heterocycles. The first-order chi connectivity index (χ1) is 21.0. The van der Waals surface area contributed by atoms with E-state index in [4.69, 9.17) is 4.99 Å². The summed E-state index contributed by atoms with van der Waals surface area (Å²) in [6, 6.07) is 15.0. The molecule has 2 aromatic rings. The normalized spacial score (nSPS) is 19.1. The first kappa shape index (κ1) is 30.5. The number of carbonyl (C=O) groups excluding carboxylic acids is 1. The van der Waals surface area contributed by atoms with E-state index in [0.717, 1.165) is 56.3 Å². The molecule has 1 amide bonds. The molecule has 228 valence electrons. The van der Waals surface area contributed by atoms with E-state index < -0.39 is 0 Å². The summed E-state index contributed by atoms with van der Waals surface area (Å²) < 4.78 is 0. The van der Waals surface area contributed by atoms with Crippen LogP contribution in [0.15, 0.2) is 88.7 Å². The van der Waals surface area contributed by atoms with E-state index in [9.17, 15) is 4.79 Å². The van der Waals surface area contributed by atoms with Gasteiger partial charge in [0.25, 0.3) is 0 Å². The van der Waals surface area contributed by atoms with Crippen LogP contribution in [0.4, 0.5) is 5.69 Å². The Balaban J connectivity index is 1.31. The second-order valence-electron chi connectivity index (χ2n) is 12.0. The summed E-state index contributed by atoms with van der Waals surface area (Å²) in [6.45, 7) is 20.3. The van der Waals surface area contributed by atoms with Gasteiger partial charge in [0.2, 0.25) is 5.91 Å². The molecule has 43 heavy (non-hydrogen) atoms. The third kappa shape index (κ3) is 7.54. The summed E-state index contributed by atoms with van der Waals surface area (Å²) in [7, 11) is 2.20. The number of rotatable bonds is 10. The van der Waals surface area contributed by atoms with Crippen molar-refractivity contribution in [2.24, 2.45) is 15.9 Å². The minimum atomic E-state index is -0.0128. The Bertz CT molecular complexity index is 1370. The van der Waals surface area contributed by atoms with Crippen molar-refractivity contribution in [3.8, 4) is 0 Å². The molecule has 2 saturated heterocycles. The van der Waals surface area contributed by atoms with Crippen LogP contribution in [0.3, 0.4) is 0 Å². The Hall–Kier alpha value is -3.91. The van der Waals surface area contributed by atoms with Crippen LogP contribution in [0, 0.1) is 5.92 Å². The zero-order valence-electron chi connectivity index (χ0n) is 25.8. The van der Waals surface area contributed by atoms with E-state index in [-0.39, 0.29) is 5.91 Å². The third-order valence-corrected chi connectivity index (χ3v) is 9.11. The summed E-state index contributed by atoms with van der Waals surface area (Å²) >= 11 is 0. The number of nitrogens with one attached hydrogen (secondary N) is 1. The van der Waals surface area contributed by atoms with Crippen LogP contribution >= 0.6 is 0 Å². The van der Waals surface area contributed by atoms with Gasteiger partial charge in [0.15, 0.2) is 0 Å². The van der Waals surface area contributed by atoms with Crippen molar-refractivity contribution in [1.82, 2.24) is 20.0 Å². The topological polar surface area (TPSA) is 66.8 Å². The van der Waals surface area contributed by atoms with Crippen LogP contribution < -0.4 is 10.2 Å². The standard InChI is InChI=1S/C35H47N7O/c1-5-34(43)40-21-23-41(24-22-40)35(37-17-13-27(2)38-25-28-14-18-39(4)19-15-28)31-16-20-42(26-32(31)36-3)33-12-8-10-29-9-6-7-11-30(29)33/h5-12,28,38H,1-3,13-26H2,4H3/b37-35+. The average Bonchev–Trinajstić information content (AvgIpc) is 3.05. The predicted octanol–water partition coefficient (Wildman–Crippen LogP) is 4.57. The summed E-state index contributed by atoms with van der Waals surface area (Å²) in [6.07, 6.45) is 5.50. The molecule has 2 aromatic carbocycles.